The number of rotatable bonds is 12. The maximum absolute atomic E-state index is 13.5. The molecule has 0 aliphatic heterocycles. The van der Waals surface area contributed by atoms with Gasteiger partial charge in [0, 0.05) is 25.3 Å². The van der Waals surface area contributed by atoms with Gasteiger partial charge >= 0.3 is 6.09 Å². The number of methoxy groups -OCH3 is 1. The summed E-state index contributed by atoms with van der Waals surface area (Å²) in [5.41, 5.74) is 0.776. The summed E-state index contributed by atoms with van der Waals surface area (Å²) in [4.78, 5) is 30.7. The molecule has 15 heteroatoms. The van der Waals surface area contributed by atoms with E-state index in [4.69, 9.17) is 0 Å². The van der Waals surface area contributed by atoms with Crippen LogP contribution in [0.4, 0.5) is 10.7 Å². The molecule has 208 valence electrons. The van der Waals surface area contributed by atoms with Gasteiger partial charge in [0.25, 0.3) is 0 Å². The van der Waals surface area contributed by atoms with Crippen molar-refractivity contribution in [3.05, 3.63) is 18.2 Å². The molecule has 1 heterocycles. The Morgan fingerprint density at radius 3 is 2.35 bits per heavy atom. The van der Waals surface area contributed by atoms with E-state index in [9.17, 15) is 31.5 Å². The highest BCUT2D eigenvalue weighted by molar-refractivity contribution is 7.90. The van der Waals surface area contributed by atoms with Crippen LogP contribution in [0.25, 0.3) is 11.0 Å². The second-order valence-corrected chi connectivity index (χ2v) is 13.6. The maximum Gasteiger partial charge on any atom is 0.413 e. The number of sulfone groups is 1. The number of hydrogen-bond acceptors (Lipinski definition) is 9. The Kier molecular flexibility index (Phi) is 10.0. The van der Waals surface area contributed by atoms with Crippen LogP contribution < -0.4 is 10.6 Å². The third-order valence-electron chi connectivity index (χ3n) is 5.40. The lowest BCUT2D eigenvalue weighted by Crippen LogP contribution is -2.50. The van der Waals surface area contributed by atoms with E-state index in [-0.39, 0.29) is 35.6 Å². The standard InChI is InChI=1S/C22H35N5O8S2/c1-13(2)10-27(11-19(28)15(4)23-20(29)14(3)12-36(6,31)32)37(33,34)16-7-8-17-18(9-16)25-21(24-17)26-22(30)35-5/h7-9,13-15,19,28H,10-12H2,1-6H3,(H,23,29)(H2,24,25,26,30)/t14?,15-,19?/m0/s1. The predicted molar refractivity (Wildman–Crippen MR) is 138 cm³/mol. The molecule has 0 bridgehead atoms. The largest absolute Gasteiger partial charge is 0.453 e. The third kappa shape index (κ3) is 8.66. The van der Waals surface area contributed by atoms with Crippen LogP contribution in [0.3, 0.4) is 0 Å². The number of aromatic nitrogens is 2. The zero-order chi connectivity index (χ0) is 28.1. The number of fused-ring (bicyclic) bond motifs is 1. The van der Waals surface area contributed by atoms with Gasteiger partial charge in [0.05, 0.1) is 40.9 Å². The van der Waals surface area contributed by atoms with Crippen LogP contribution in [-0.2, 0) is 29.4 Å². The minimum atomic E-state index is -4.08. The van der Waals surface area contributed by atoms with Gasteiger partial charge in [0.15, 0.2) is 0 Å². The lowest BCUT2D eigenvalue weighted by molar-refractivity contribution is -0.125. The molecule has 37 heavy (non-hydrogen) atoms. The van der Waals surface area contributed by atoms with Crippen LogP contribution in [0.5, 0.6) is 0 Å². The molecule has 0 saturated heterocycles. The summed E-state index contributed by atoms with van der Waals surface area (Å²) >= 11 is 0. The van der Waals surface area contributed by atoms with E-state index < -0.39 is 49.9 Å². The van der Waals surface area contributed by atoms with E-state index in [1.807, 2.05) is 13.8 Å². The number of imidazole rings is 1. The Hall–Kier alpha value is -2.75. The average molecular weight is 562 g/mol. The molecule has 4 N–H and O–H groups in total. The summed E-state index contributed by atoms with van der Waals surface area (Å²) in [6.45, 7) is 6.43. The first-order valence-electron chi connectivity index (χ1n) is 11.5. The van der Waals surface area contributed by atoms with Crippen molar-refractivity contribution in [3.8, 4) is 0 Å². The normalized spacial score (nSPS) is 14.9. The lowest BCUT2D eigenvalue weighted by Gasteiger charge is -2.29. The number of benzene rings is 1. The molecule has 3 atom stereocenters. The second-order valence-electron chi connectivity index (χ2n) is 9.45. The number of nitrogens with zero attached hydrogens (tertiary/aromatic N) is 2. The molecule has 2 unspecified atom stereocenters. The number of aromatic amines is 1. The van der Waals surface area contributed by atoms with Crippen LogP contribution in [-0.4, -0.2) is 92.6 Å². The molecule has 0 fully saturated rings. The molecular formula is C22H35N5O8S2. The minimum Gasteiger partial charge on any atom is -0.453 e. The smallest absolute Gasteiger partial charge is 0.413 e. The summed E-state index contributed by atoms with van der Waals surface area (Å²) in [5.74, 6) is -1.73. The first-order chi connectivity index (χ1) is 17.0. The fraction of sp³-hybridized carbons (Fsp3) is 0.591. The van der Waals surface area contributed by atoms with Crippen molar-refractivity contribution in [1.29, 1.82) is 0 Å². The van der Waals surface area contributed by atoms with E-state index in [0.29, 0.717) is 11.0 Å². The highest BCUT2D eigenvalue weighted by atomic mass is 32.2. The van der Waals surface area contributed by atoms with Gasteiger partial charge in [-0.1, -0.05) is 20.8 Å². The number of aliphatic hydroxyl groups is 1. The van der Waals surface area contributed by atoms with Crippen molar-refractivity contribution in [2.75, 3.05) is 37.5 Å². The Morgan fingerprint density at radius 2 is 1.78 bits per heavy atom. The van der Waals surface area contributed by atoms with E-state index in [0.717, 1.165) is 10.6 Å². The number of carbonyl (C=O) groups is 2. The number of carbonyl (C=O) groups excluding carboxylic acids is 2. The van der Waals surface area contributed by atoms with Crippen molar-refractivity contribution < 1.29 is 36.3 Å². The molecule has 0 radical (unpaired) electrons. The molecule has 0 spiro atoms. The molecule has 2 aromatic rings. The lowest BCUT2D eigenvalue weighted by atomic mass is 10.1. The van der Waals surface area contributed by atoms with Crippen molar-refractivity contribution in [2.24, 2.45) is 11.8 Å². The van der Waals surface area contributed by atoms with Crippen molar-refractivity contribution in [1.82, 2.24) is 19.6 Å². The molecule has 0 aliphatic carbocycles. The van der Waals surface area contributed by atoms with Crippen LogP contribution in [0, 0.1) is 11.8 Å². The second kappa shape index (κ2) is 12.2. The molecule has 2 amide bonds. The number of H-pyrrole nitrogens is 1. The number of hydrogen-bond donors (Lipinski definition) is 4. The van der Waals surface area contributed by atoms with Crippen molar-refractivity contribution in [2.45, 2.75) is 44.7 Å². The van der Waals surface area contributed by atoms with Crippen LogP contribution in [0.2, 0.25) is 0 Å². The van der Waals surface area contributed by atoms with E-state index >= 15 is 0 Å². The molecule has 0 saturated carbocycles. The Morgan fingerprint density at radius 1 is 1.14 bits per heavy atom. The van der Waals surface area contributed by atoms with Crippen LogP contribution in [0.15, 0.2) is 23.1 Å². The summed E-state index contributed by atoms with van der Waals surface area (Å²) < 4.78 is 55.6. The highest BCUT2D eigenvalue weighted by Gasteiger charge is 2.31. The maximum atomic E-state index is 13.5. The van der Waals surface area contributed by atoms with Gasteiger partial charge in [-0.25, -0.2) is 26.6 Å². The number of anilines is 1. The Bertz CT molecular complexity index is 1320. The summed E-state index contributed by atoms with van der Waals surface area (Å²) in [7, 11) is -6.26. The van der Waals surface area contributed by atoms with Gasteiger partial charge < -0.3 is 20.1 Å². The Labute approximate surface area is 216 Å². The van der Waals surface area contributed by atoms with Gasteiger partial charge in [-0.3, -0.25) is 10.1 Å². The molecular weight excluding hydrogens is 526 g/mol. The van der Waals surface area contributed by atoms with Gasteiger partial charge in [0.2, 0.25) is 21.9 Å². The van der Waals surface area contributed by atoms with E-state index in [1.165, 1.54) is 39.2 Å². The van der Waals surface area contributed by atoms with Crippen molar-refractivity contribution in [3.63, 3.8) is 0 Å². The fourth-order valence-electron chi connectivity index (χ4n) is 3.54. The molecule has 1 aromatic heterocycles. The first kappa shape index (κ1) is 30.5. The van der Waals surface area contributed by atoms with Gasteiger partial charge in [0.1, 0.15) is 9.84 Å². The third-order valence-corrected chi connectivity index (χ3v) is 8.34. The van der Waals surface area contributed by atoms with Gasteiger partial charge in [-0.05, 0) is 31.0 Å². The van der Waals surface area contributed by atoms with Crippen molar-refractivity contribution >= 4 is 48.8 Å². The summed E-state index contributed by atoms with van der Waals surface area (Å²) in [5, 5.41) is 15.7. The quantitative estimate of drug-likeness (QED) is 0.292. The number of aliphatic hydroxyl groups excluding tert-OH is 1. The van der Waals surface area contributed by atoms with Gasteiger partial charge in [-0.2, -0.15) is 4.31 Å². The minimum absolute atomic E-state index is 0.0559. The number of sulfonamides is 1. The fourth-order valence-corrected chi connectivity index (χ4v) is 6.25. The highest BCUT2D eigenvalue weighted by Crippen LogP contribution is 2.23. The summed E-state index contributed by atoms with van der Waals surface area (Å²) in [6.07, 6.45) is -0.980. The first-order valence-corrected chi connectivity index (χ1v) is 15.0. The number of amides is 2. The number of ether oxygens (including phenoxy) is 1. The van der Waals surface area contributed by atoms with E-state index in [2.05, 4.69) is 25.3 Å². The molecule has 1 aromatic carbocycles. The van der Waals surface area contributed by atoms with Gasteiger partial charge in [-0.15, -0.1) is 0 Å². The Balaban J connectivity index is 2.24. The zero-order valence-electron chi connectivity index (χ0n) is 21.7. The zero-order valence-corrected chi connectivity index (χ0v) is 23.3. The average Bonchev–Trinajstić information content (AvgIpc) is 3.18. The van der Waals surface area contributed by atoms with Crippen LogP contribution in [0.1, 0.15) is 27.7 Å². The molecule has 0 aliphatic rings. The van der Waals surface area contributed by atoms with Crippen LogP contribution >= 0.6 is 0 Å². The van der Waals surface area contributed by atoms with E-state index in [1.54, 1.807) is 0 Å². The molecule has 13 nitrogen and oxygen atoms in total. The topological polar surface area (TPSA) is 188 Å². The predicted octanol–water partition coefficient (Wildman–Crippen LogP) is 0.934. The number of nitrogens with one attached hydrogen (secondary N) is 3. The monoisotopic (exact) mass is 561 g/mol. The summed E-state index contributed by atoms with van der Waals surface area (Å²) in [6, 6.07) is 3.38. The SMILES string of the molecule is COC(=O)Nc1nc2ccc(S(=O)(=O)N(CC(C)C)CC(O)[C@H](C)NC(=O)C(C)CS(C)(=O)=O)cc2[nH]1. The molecule has 2 rings (SSSR count).